The van der Waals surface area contributed by atoms with Gasteiger partial charge in [-0.15, -0.1) is 0 Å². The molecule has 0 radical (unpaired) electrons. The highest BCUT2D eigenvalue weighted by molar-refractivity contribution is 6.76. The number of aromatic nitrogens is 14. The maximum absolute atomic E-state index is 9.60. The molecule has 0 aromatic carbocycles. The van der Waals surface area contributed by atoms with Crippen molar-refractivity contribution in [2.45, 2.75) is 70.2 Å². The summed E-state index contributed by atoms with van der Waals surface area (Å²) in [6, 6.07) is 13.3. The summed E-state index contributed by atoms with van der Waals surface area (Å²) in [6.45, 7) is 11.4. The average Bonchev–Trinajstić information content (AvgIpc) is 4.23. The highest BCUT2D eigenvalue weighted by atomic mass is 35.5. The Morgan fingerprint density at radius 3 is 2.01 bits per heavy atom. The fourth-order valence-electron chi connectivity index (χ4n) is 9.19. The van der Waals surface area contributed by atoms with Crippen molar-refractivity contribution in [3.8, 4) is 34.7 Å². The van der Waals surface area contributed by atoms with E-state index in [1.807, 2.05) is 88.3 Å². The maximum Gasteiger partial charge on any atom is 0.227 e. The van der Waals surface area contributed by atoms with Gasteiger partial charge in [0, 0.05) is 126 Å². The molecule has 0 bridgehead atoms. The summed E-state index contributed by atoms with van der Waals surface area (Å²) in [7, 11) is 2.80. The molecular weight excluding hydrogens is 922 g/mol. The summed E-state index contributed by atoms with van der Waals surface area (Å²) in [5, 5.41) is 30.7. The fraction of sp³-hybridized carbons (Fsp3) is 0.417. The SMILES string of the molecule is CN(C)c1ccnc(N2CCC(C(CC#N)n3cc(-c4ncnc5[nH]ccc45)cn3)C2)n1.C[Si](C)(C)CCOCn1ccc2c(-c3cnn(C(CC#N)C4CCN(c5nccc(Cl)n5)C4)c3)ncnc21. The predicted molar refractivity (Wildman–Crippen MR) is 271 cm³/mol. The first kappa shape index (κ1) is 47.7. The summed E-state index contributed by atoms with van der Waals surface area (Å²) in [5.74, 6) is 2.72. The molecule has 1 N–H and O–H groups in total. The molecule has 360 valence electrons. The minimum atomic E-state index is -1.14. The standard InChI is InChI=1S/C26H32ClN9OSi.C22H24N10/c1-38(2,3)13-12-37-18-35-11-7-21-24(30-17-31-25(21)35)20-14-32-36(16-20)22(4-8-28)19-6-10-34(15-19)26-29-9-5-23(27)33-26;1-30(2)19-5-9-25-22(29-19)31-10-6-15(12-31)18(3-7-23)32-13-16(11-28-32)20-17-4-8-24-21(17)27-14-26-20/h5,7,9,11,14,16-17,19,22H,4,6,10,12-13,15,18H2,1-3H3;4-5,8-9,11,13-15,18H,3,6,10,12H2,1-2H3,(H,24,26,27). The van der Waals surface area contributed by atoms with E-state index in [4.69, 9.17) is 16.3 Å². The van der Waals surface area contributed by atoms with Crippen LogP contribution in [0.3, 0.4) is 0 Å². The van der Waals surface area contributed by atoms with Gasteiger partial charge in [0.25, 0.3) is 0 Å². The Hall–Kier alpha value is -7.33. The van der Waals surface area contributed by atoms with Crippen LogP contribution in [0.4, 0.5) is 17.7 Å². The van der Waals surface area contributed by atoms with Gasteiger partial charge >= 0.3 is 0 Å². The number of aromatic amines is 1. The van der Waals surface area contributed by atoms with E-state index in [0.29, 0.717) is 30.7 Å². The second kappa shape index (κ2) is 21.1. The molecule has 10 rings (SSSR count). The van der Waals surface area contributed by atoms with Gasteiger partial charge in [-0.25, -0.2) is 34.9 Å². The Bertz CT molecular complexity index is 3130. The number of nitriles is 2. The van der Waals surface area contributed by atoms with Crippen LogP contribution in [-0.2, 0) is 11.5 Å². The molecule has 0 saturated carbocycles. The highest BCUT2D eigenvalue weighted by Crippen LogP contribution is 2.36. The Morgan fingerprint density at radius 1 is 0.786 bits per heavy atom. The van der Waals surface area contributed by atoms with Gasteiger partial charge in [0.15, 0.2) is 0 Å². The molecule has 4 unspecified atom stereocenters. The lowest BCUT2D eigenvalue weighted by Gasteiger charge is -2.23. The third-order valence-corrected chi connectivity index (χ3v) is 14.9. The lowest BCUT2D eigenvalue weighted by Crippen LogP contribution is -2.26. The van der Waals surface area contributed by atoms with E-state index in [0.717, 1.165) is 108 Å². The molecule has 70 heavy (non-hydrogen) atoms. The smallest absolute Gasteiger partial charge is 0.227 e. The van der Waals surface area contributed by atoms with Crippen LogP contribution in [0.2, 0.25) is 30.8 Å². The molecular formula is C48H56ClN19OSi. The molecule has 0 aliphatic carbocycles. The van der Waals surface area contributed by atoms with E-state index < -0.39 is 8.07 Å². The first-order valence-electron chi connectivity index (χ1n) is 23.4. The number of hydrogen-bond donors (Lipinski definition) is 1. The normalized spacial score (nSPS) is 16.8. The van der Waals surface area contributed by atoms with Crippen LogP contribution in [0, 0.1) is 34.5 Å². The average molecular weight is 979 g/mol. The van der Waals surface area contributed by atoms with Crippen LogP contribution < -0.4 is 14.7 Å². The van der Waals surface area contributed by atoms with E-state index in [-0.39, 0.29) is 23.9 Å². The van der Waals surface area contributed by atoms with Crippen molar-refractivity contribution in [2.75, 3.05) is 61.6 Å². The lowest BCUT2D eigenvalue weighted by molar-refractivity contribution is 0.0899. The van der Waals surface area contributed by atoms with Crippen molar-refractivity contribution in [1.82, 2.24) is 69.0 Å². The Labute approximate surface area is 412 Å². The molecule has 2 saturated heterocycles. The summed E-state index contributed by atoms with van der Waals surface area (Å²) in [6.07, 6.45) is 20.7. The molecule has 0 amide bonds. The molecule has 8 aromatic rings. The molecule has 20 nitrogen and oxygen atoms in total. The van der Waals surface area contributed by atoms with Gasteiger partial charge in [-0.05, 0) is 43.2 Å². The van der Waals surface area contributed by atoms with Gasteiger partial charge in [-0.2, -0.15) is 25.7 Å². The first-order chi connectivity index (χ1) is 34.0. The number of nitrogens with one attached hydrogen (secondary N) is 1. The number of H-pyrrole nitrogens is 1. The zero-order chi connectivity index (χ0) is 48.8. The molecule has 4 atom stereocenters. The van der Waals surface area contributed by atoms with Gasteiger partial charge in [0.2, 0.25) is 11.9 Å². The quantitative estimate of drug-likeness (QED) is 0.0556. The van der Waals surface area contributed by atoms with Crippen LogP contribution in [-0.4, -0.2) is 124 Å². The van der Waals surface area contributed by atoms with Crippen LogP contribution in [0.5, 0.6) is 0 Å². The van der Waals surface area contributed by atoms with Gasteiger partial charge in [-0.1, -0.05) is 31.2 Å². The van der Waals surface area contributed by atoms with Crippen LogP contribution >= 0.6 is 11.6 Å². The topological polar surface area (TPSA) is 226 Å². The molecule has 0 spiro atoms. The third kappa shape index (κ3) is 10.8. The Kier molecular flexibility index (Phi) is 14.4. The van der Waals surface area contributed by atoms with Crippen molar-refractivity contribution in [1.29, 1.82) is 10.5 Å². The molecule has 10 heterocycles. The second-order valence-electron chi connectivity index (χ2n) is 19.1. The number of hydrogen-bond acceptors (Lipinski definition) is 16. The third-order valence-electron chi connectivity index (χ3n) is 13.0. The maximum atomic E-state index is 9.60. The predicted octanol–water partition coefficient (Wildman–Crippen LogP) is 7.69. The van der Waals surface area contributed by atoms with E-state index in [2.05, 4.69) is 96.6 Å². The largest absolute Gasteiger partial charge is 0.363 e. The van der Waals surface area contributed by atoms with Crippen molar-refractivity contribution < 1.29 is 4.74 Å². The number of anilines is 3. The van der Waals surface area contributed by atoms with Gasteiger partial charge in [0.1, 0.15) is 41.7 Å². The lowest BCUT2D eigenvalue weighted by atomic mass is 9.96. The number of ether oxygens (including phenoxy) is 1. The van der Waals surface area contributed by atoms with Crippen molar-refractivity contribution in [3.05, 3.63) is 91.6 Å². The van der Waals surface area contributed by atoms with Crippen LogP contribution in [0.1, 0.15) is 37.8 Å². The van der Waals surface area contributed by atoms with Gasteiger partial charge in [-0.3, -0.25) is 9.36 Å². The monoisotopic (exact) mass is 977 g/mol. The first-order valence-corrected chi connectivity index (χ1v) is 27.5. The summed E-state index contributed by atoms with van der Waals surface area (Å²) < 4.78 is 11.8. The van der Waals surface area contributed by atoms with Crippen molar-refractivity contribution in [2.24, 2.45) is 11.8 Å². The Morgan fingerprint density at radius 2 is 1.40 bits per heavy atom. The van der Waals surface area contributed by atoms with E-state index in [1.165, 1.54) is 0 Å². The van der Waals surface area contributed by atoms with E-state index in [9.17, 15) is 10.5 Å². The number of nitrogens with zero attached hydrogens (tertiary/aromatic N) is 18. The molecule has 2 aliphatic rings. The number of fused-ring (bicyclic) bond motifs is 2. The molecule has 22 heteroatoms. The van der Waals surface area contributed by atoms with E-state index >= 15 is 0 Å². The zero-order valence-corrected chi connectivity index (χ0v) is 41.8. The van der Waals surface area contributed by atoms with Crippen LogP contribution in [0.25, 0.3) is 44.6 Å². The van der Waals surface area contributed by atoms with Gasteiger partial charge in [0.05, 0.1) is 60.8 Å². The summed E-state index contributed by atoms with van der Waals surface area (Å²) >= 11 is 6.07. The minimum Gasteiger partial charge on any atom is -0.363 e. The molecule has 2 fully saturated rings. The van der Waals surface area contributed by atoms with Gasteiger partial charge < -0.3 is 29.0 Å². The second-order valence-corrected chi connectivity index (χ2v) is 25.1. The minimum absolute atomic E-state index is 0.0284. The number of halogens is 1. The van der Waals surface area contributed by atoms with Crippen molar-refractivity contribution >= 4 is 59.5 Å². The summed E-state index contributed by atoms with van der Waals surface area (Å²) in [4.78, 5) is 45.1. The zero-order valence-electron chi connectivity index (χ0n) is 40.0. The van der Waals surface area contributed by atoms with Crippen LogP contribution in [0.15, 0.2) is 86.5 Å². The fourth-order valence-corrected chi connectivity index (χ4v) is 10.1. The highest BCUT2D eigenvalue weighted by Gasteiger charge is 2.34. The summed E-state index contributed by atoms with van der Waals surface area (Å²) in [5.41, 5.74) is 5.08. The van der Waals surface area contributed by atoms with E-state index in [1.54, 1.807) is 31.1 Å². The Balaban J connectivity index is 0.000000176. The van der Waals surface area contributed by atoms with Crippen molar-refractivity contribution in [3.63, 3.8) is 0 Å². The number of rotatable bonds is 16. The molecule has 8 aromatic heterocycles. The molecule has 2 aliphatic heterocycles.